The molecule has 2 fully saturated rings. The Morgan fingerprint density at radius 3 is 2.31 bits per heavy atom. The van der Waals surface area contributed by atoms with Gasteiger partial charge in [-0.25, -0.2) is 9.78 Å². The van der Waals surface area contributed by atoms with Crippen molar-refractivity contribution in [3.63, 3.8) is 0 Å². The first-order valence-electron chi connectivity index (χ1n) is 10.2. The molecule has 2 aliphatic heterocycles. The second-order valence-electron chi connectivity index (χ2n) is 7.68. The standard InChI is InChI=1S/C22H27N5O2/c1-17-5-4-6-19(15-17)24-22(29)27-13-11-26(12-14-27)21(28)18-7-8-20(23-16-18)25-9-2-3-10-25/h4-8,15-16H,2-3,9-14H2,1H3,(H,24,29). The van der Waals surface area contributed by atoms with Crippen molar-refractivity contribution in [2.45, 2.75) is 19.8 Å². The van der Waals surface area contributed by atoms with Crippen molar-refractivity contribution < 1.29 is 9.59 Å². The lowest BCUT2D eigenvalue weighted by Crippen LogP contribution is -2.51. The Labute approximate surface area is 171 Å². The minimum absolute atomic E-state index is 0.0239. The van der Waals surface area contributed by atoms with Crippen molar-refractivity contribution in [1.82, 2.24) is 14.8 Å². The number of hydrogen-bond acceptors (Lipinski definition) is 4. The van der Waals surface area contributed by atoms with Gasteiger partial charge in [-0.1, -0.05) is 12.1 Å². The van der Waals surface area contributed by atoms with E-state index in [2.05, 4.69) is 15.2 Å². The zero-order valence-corrected chi connectivity index (χ0v) is 16.8. The minimum atomic E-state index is -0.126. The fourth-order valence-electron chi connectivity index (χ4n) is 3.87. The van der Waals surface area contributed by atoms with Crippen LogP contribution in [0.5, 0.6) is 0 Å². The molecule has 0 bridgehead atoms. The average molecular weight is 393 g/mol. The maximum Gasteiger partial charge on any atom is 0.321 e. The number of aromatic nitrogens is 1. The van der Waals surface area contributed by atoms with Crippen LogP contribution in [0.4, 0.5) is 16.3 Å². The van der Waals surface area contributed by atoms with Crippen LogP contribution < -0.4 is 10.2 Å². The maximum atomic E-state index is 12.8. The van der Waals surface area contributed by atoms with E-state index in [1.165, 1.54) is 12.8 Å². The first-order valence-corrected chi connectivity index (χ1v) is 10.2. The van der Waals surface area contributed by atoms with Crippen molar-refractivity contribution in [3.8, 4) is 0 Å². The van der Waals surface area contributed by atoms with Gasteiger partial charge >= 0.3 is 6.03 Å². The molecule has 1 N–H and O–H groups in total. The van der Waals surface area contributed by atoms with E-state index in [-0.39, 0.29) is 11.9 Å². The number of piperazine rings is 1. The van der Waals surface area contributed by atoms with Gasteiger partial charge in [0.15, 0.2) is 0 Å². The normalized spacial score (nSPS) is 16.8. The third-order valence-electron chi connectivity index (χ3n) is 5.55. The molecule has 2 saturated heterocycles. The summed E-state index contributed by atoms with van der Waals surface area (Å²) in [5.41, 5.74) is 2.49. The van der Waals surface area contributed by atoms with Crippen molar-refractivity contribution >= 4 is 23.4 Å². The summed E-state index contributed by atoms with van der Waals surface area (Å²) < 4.78 is 0. The molecule has 1 aromatic heterocycles. The molecule has 7 nitrogen and oxygen atoms in total. The van der Waals surface area contributed by atoms with Crippen molar-refractivity contribution in [1.29, 1.82) is 0 Å². The van der Waals surface area contributed by atoms with Gasteiger partial charge in [0, 0.05) is 51.2 Å². The quantitative estimate of drug-likeness (QED) is 0.871. The third kappa shape index (κ3) is 4.50. The van der Waals surface area contributed by atoms with Gasteiger partial charge in [0.1, 0.15) is 5.82 Å². The second-order valence-corrected chi connectivity index (χ2v) is 7.68. The highest BCUT2D eigenvalue weighted by atomic mass is 16.2. The van der Waals surface area contributed by atoms with E-state index >= 15 is 0 Å². The van der Waals surface area contributed by atoms with E-state index in [0.717, 1.165) is 30.2 Å². The van der Waals surface area contributed by atoms with Gasteiger partial charge < -0.3 is 20.0 Å². The number of carbonyl (C=O) groups excluding carboxylic acids is 2. The Hall–Kier alpha value is -3.09. The number of pyridine rings is 1. The van der Waals surface area contributed by atoms with Crippen LogP contribution in [0.2, 0.25) is 0 Å². The number of anilines is 2. The number of carbonyl (C=O) groups is 2. The van der Waals surface area contributed by atoms with Gasteiger partial charge in [0.25, 0.3) is 5.91 Å². The SMILES string of the molecule is Cc1cccc(NC(=O)N2CCN(C(=O)c3ccc(N4CCCC4)nc3)CC2)c1. The predicted molar refractivity (Wildman–Crippen MR) is 113 cm³/mol. The summed E-state index contributed by atoms with van der Waals surface area (Å²) in [6.07, 6.45) is 4.07. The number of nitrogens with zero attached hydrogens (tertiary/aromatic N) is 4. The number of hydrogen-bond donors (Lipinski definition) is 1. The van der Waals surface area contributed by atoms with Crippen LogP contribution in [0.3, 0.4) is 0 Å². The molecule has 0 saturated carbocycles. The average Bonchev–Trinajstić information content (AvgIpc) is 3.28. The van der Waals surface area contributed by atoms with Gasteiger partial charge in [0.05, 0.1) is 5.56 Å². The van der Waals surface area contributed by atoms with Crippen LogP contribution in [0, 0.1) is 6.92 Å². The van der Waals surface area contributed by atoms with E-state index in [1.807, 2.05) is 43.3 Å². The minimum Gasteiger partial charge on any atom is -0.357 e. The maximum absolute atomic E-state index is 12.8. The molecule has 3 heterocycles. The smallest absolute Gasteiger partial charge is 0.321 e. The highest BCUT2D eigenvalue weighted by Crippen LogP contribution is 2.18. The van der Waals surface area contributed by atoms with Crippen LogP contribution in [-0.2, 0) is 0 Å². The fourth-order valence-corrected chi connectivity index (χ4v) is 3.87. The van der Waals surface area contributed by atoms with Crippen LogP contribution in [0.15, 0.2) is 42.6 Å². The third-order valence-corrected chi connectivity index (χ3v) is 5.55. The number of benzene rings is 1. The molecule has 0 atom stereocenters. The molecular weight excluding hydrogens is 366 g/mol. The van der Waals surface area contributed by atoms with Crippen LogP contribution in [0.25, 0.3) is 0 Å². The van der Waals surface area contributed by atoms with E-state index < -0.39 is 0 Å². The Balaban J connectivity index is 1.30. The topological polar surface area (TPSA) is 68.8 Å². The number of nitrogens with one attached hydrogen (secondary N) is 1. The lowest BCUT2D eigenvalue weighted by molar-refractivity contribution is 0.0671. The zero-order valence-electron chi connectivity index (χ0n) is 16.8. The predicted octanol–water partition coefficient (Wildman–Crippen LogP) is 2.98. The van der Waals surface area contributed by atoms with Crippen LogP contribution in [-0.4, -0.2) is 66.0 Å². The molecule has 7 heteroatoms. The van der Waals surface area contributed by atoms with E-state index in [0.29, 0.717) is 31.7 Å². The molecule has 2 aromatic rings. The lowest BCUT2D eigenvalue weighted by atomic mass is 10.2. The van der Waals surface area contributed by atoms with Gasteiger partial charge in [0.2, 0.25) is 0 Å². The first kappa shape index (κ1) is 19.2. The Kier molecular flexibility index (Phi) is 5.64. The highest BCUT2D eigenvalue weighted by molar-refractivity contribution is 5.94. The number of amides is 3. The number of rotatable bonds is 3. The van der Waals surface area contributed by atoms with Gasteiger partial charge in [-0.05, 0) is 49.6 Å². The Bertz CT molecular complexity index is 869. The molecule has 0 spiro atoms. The van der Waals surface area contributed by atoms with Crippen molar-refractivity contribution in [2.24, 2.45) is 0 Å². The van der Waals surface area contributed by atoms with Crippen LogP contribution in [0.1, 0.15) is 28.8 Å². The summed E-state index contributed by atoms with van der Waals surface area (Å²) in [7, 11) is 0. The van der Waals surface area contributed by atoms with Crippen LogP contribution >= 0.6 is 0 Å². The monoisotopic (exact) mass is 393 g/mol. The summed E-state index contributed by atoms with van der Waals surface area (Å²) in [6.45, 7) is 6.14. The molecule has 2 aliphatic rings. The number of urea groups is 1. The Morgan fingerprint density at radius 1 is 0.931 bits per heavy atom. The molecule has 3 amide bonds. The number of aryl methyl sites for hydroxylation is 1. The molecule has 0 radical (unpaired) electrons. The molecule has 29 heavy (non-hydrogen) atoms. The van der Waals surface area contributed by atoms with Gasteiger partial charge in [-0.15, -0.1) is 0 Å². The summed E-state index contributed by atoms with van der Waals surface area (Å²) in [5, 5.41) is 2.93. The van der Waals surface area contributed by atoms with E-state index in [1.54, 1.807) is 16.0 Å². The molecule has 1 aromatic carbocycles. The van der Waals surface area contributed by atoms with Gasteiger partial charge in [-0.3, -0.25) is 4.79 Å². The fraction of sp³-hybridized carbons (Fsp3) is 0.409. The zero-order chi connectivity index (χ0) is 20.2. The van der Waals surface area contributed by atoms with E-state index in [9.17, 15) is 9.59 Å². The van der Waals surface area contributed by atoms with E-state index in [4.69, 9.17) is 0 Å². The summed E-state index contributed by atoms with van der Waals surface area (Å²) in [4.78, 5) is 35.5. The highest BCUT2D eigenvalue weighted by Gasteiger charge is 2.25. The summed E-state index contributed by atoms with van der Waals surface area (Å²) in [5.74, 6) is 0.918. The first-order chi connectivity index (χ1) is 14.1. The van der Waals surface area contributed by atoms with Gasteiger partial charge in [-0.2, -0.15) is 0 Å². The molecule has 0 unspecified atom stereocenters. The summed E-state index contributed by atoms with van der Waals surface area (Å²) in [6, 6.07) is 11.4. The Morgan fingerprint density at radius 2 is 1.66 bits per heavy atom. The second kappa shape index (κ2) is 8.51. The largest absolute Gasteiger partial charge is 0.357 e. The summed E-state index contributed by atoms with van der Waals surface area (Å²) >= 11 is 0. The van der Waals surface area contributed by atoms with Crippen molar-refractivity contribution in [3.05, 3.63) is 53.7 Å². The molecule has 0 aliphatic carbocycles. The van der Waals surface area contributed by atoms with Crippen molar-refractivity contribution in [2.75, 3.05) is 49.5 Å². The lowest BCUT2D eigenvalue weighted by Gasteiger charge is -2.34. The molecule has 4 rings (SSSR count). The molecular formula is C22H27N5O2. The molecule has 152 valence electrons.